The SMILES string of the molecule is CC#Cc1nc(OC(=O)NC[C@H](Cc2ccc(C(F)(F)F)nc2)NC(=O)OC(C)(C)C)sc1Br. The van der Waals surface area contributed by atoms with Gasteiger partial charge in [0.15, 0.2) is 0 Å². The number of alkyl carbamates (subject to hydrolysis) is 1. The monoisotopic (exact) mass is 562 g/mol. The van der Waals surface area contributed by atoms with Crippen molar-refractivity contribution in [2.75, 3.05) is 6.54 Å². The first-order valence-electron chi connectivity index (χ1n) is 9.83. The maximum Gasteiger partial charge on any atom is 0.433 e. The van der Waals surface area contributed by atoms with E-state index in [-0.39, 0.29) is 18.2 Å². The summed E-state index contributed by atoms with van der Waals surface area (Å²) in [6.07, 6.45) is -5.01. The zero-order valence-electron chi connectivity index (χ0n) is 18.7. The second kappa shape index (κ2) is 11.5. The van der Waals surface area contributed by atoms with E-state index in [1.54, 1.807) is 27.7 Å². The number of carbonyl (C=O) groups is 2. The smallest absolute Gasteiger partial charge is 0.433 e. The molecular formula is C21H22BrF3N4O4S. The van der Waals surface area contributed by atoms with Gasteiger partial charge in [-0.15, -0.1) is 0 Å². The number of halogens is 4. The lowest BCUT2D eigenvalue weighted by molar-refractivity contribution is -0.141. The molecule has 8 nitrogen and oxygen atoms in total. The minimum Gasteiger partial charge on any atom is -0.444 e. The fraction of sp³-hybridized carbons (Fsp3) is 0.429. The molecule has 0 bridgehead atoms. The molecule has 0 aromatic carbocycles. The van der Waals surface area contributed by atoms with Gasteiger partial charge < -0.3 is 20.1 Å². The lowest BCUT2D eigenvalue weighted by atomic mass is 10.1. The minimum absolute atomic E-state index is 0.0608. The number of thiazole rings is 1. The summed E-state index contributed by atoms with van der Waals surface area (Å²) >= 11 is 4.35. The number of alkyl halides is 3. The fourth-order valence-electron chi connectivity index (χ4n) is 2.49. The van der Waals surface area contributed by atoms with Gasteiger partial charge in [0, 0.05) is 12.7 Å². The predicted molar refractivity (Wildman–Crippen MR) is 122 cm³/mol. The Labute approximate surface area is 206 Å². The van der Waals surface area contributed by atoms with Crippen LogP contribution in [0, 0.1) is 11.8 Å². The van der Waals surface area contributed by atoms with Crippen molar-refractivity contribution in [3.05, 3.63) is 39.1 Å². The van der Waals surface area contributed by atoms with Crippen LogP contribution in [0.25, 0.3) is 0 Å². The van der Waals surface area contributed by atoms with Crippen LogP contribution in [0.3, 0.4) is 0 Å². The molecule has 0 fully saturated rings. The highest BCUT2D eigenvalue weighted by molar-refractivity contribution is 9.11. The zero-order chi connectivity index (χ0) is 25.5. The van der Waals surface area contributed by atoms with Gasteiger partial charge in [0.05, 0.1) is 6.04 Å². The van der Waals surface area contributed by atoms with Crippen LogP contribution >= 0.6 is 27.3 Å². The van der Waals surface area contributed by atoms with Crippen LogP contribution in [-0.4, -0.2) is 40.3 Å². The maximum atomic E-state index is 12.8. The lowest BCUT2D eigenvalue weighted by Gasteiger charge is -2.24. The number of hydrogen-bond acceptors (Lipinski definition) is 7. The molecule has 0 unspecified atom stereocenters. The van der Waals surface area contributed by atoms with E-state index < -0.39 is 35.7 Å². The first-order valence-corrected chi connectivity index (χ1v) is 11.4. The van der Waals surface area contributed by atoms with E-state index in [0.717, 1.165) is 23.6 Å². The van der Waals surface area contributed by atoms with Gasteiger partial charge in [0.1, 0.15) is 20.8 Å². The van der Waals surface area contributed by atoms with E-state index in [1.807, 2.05) is 0 Å². The van der Waals surface area contributed by atoms with Gasteiger partial charge in [0.2, 0.25) is 0 Å². The molecule has 2 aromatic rings. The Bertz CT molecular complexity index is 1070. The summed E-state index contributed by atoms with van der Waals surface area (Å²) < 4.78 is 49.2. The summed E-state index contributed by atoms with van der Waals surface area (Å²) in [7, 11) is 0. The van der Waals surface area contributed by atoms with E-state index in [1.165, 1.54) is 6.07 Å². The molecule has 0 aliphatic heterocycles. The third-order valence-electron chi connectivity index (χ3n) is 3.80. The summed E-state index contributed by atoms with van der Waals surface area (Å²) in [6, 6.07) is 1.37. The maximum absolute atomic E-state index is 12.8. The number of hydrogen-bond donors (Lipinski definition) is 2. The summed E-state index contributed by atoms with van der Waals surface area (Å²) in [6.45, 7) is 6.58. The average molecular weight is 563 g/mol. The third-order valence-corrected chi connectivity index (χ3v) is 5.38. The Hall–Kier alpha value is -2.85. The van der Waals surface area contributed by atoms with Gasteiger partial charge in [-0.25, -0.2) is 9.59 Å². The van der Waals surface area contributed by atoms with E-state index in [4.69, 9.17) is 9.47 Å². The largest absolute Gasteiger partial charge is 0.444 e. The van der Waals surface area contributed by atoms with Crippen molar-refractivity contribution in [1.82, 2.24) is 20.6 Å². The van der Waals surface area contributed by atoms with Crippen molar-refractivity contribution in [3.8, 4) is 17.0 Å². The topological polar surface area (TPSA) is 102 Å². The van der Waals surface area contributed by atoms with Gasteiger partial charge in [-0.3, -0.25) is 4.98 Å². The highest BCUT2D eigenvalue weighted by atomic mass is 79.9. The molecule has 2 rings (SSSR count). The molecular weight excluding hydrogens is 541 g/mol. The summed E-state index contributed by atoms with van der Waals surface area (Å²) in [4.78, 5) is 31.9. The van der Waals surface area contributed by atoms with E-state index in [9.17, 15) is 22.8 Å². The van der Waals surface area contributed by atoms with Gasteiger partial charge in [-0.05, 0) is 67.6 Å². The van der Waals surface area contributed by atoms with Crippen molar-refractivity contribution >= 4 is 39.5 Å². The number of ether oxygens (including phenoxy) is 2. The first-order chi connectivity index (χ1) is 15.8. The lowest BCUT2D eigenvalue weighted by Crippen LogP contribution is -2.47. The molecule has 0 aliphatic carbocycles. The Morgan fingerprint density at radius 1 is 1.24 bits per heavy atom. The van der Waals surface area contributed by atoms with Crippen molar-refractivity contribution in [2.24, 2.45) is 0 Å². The molecule has 184 valence electrons. The number of nitrogens with zero attached hydrogens (tertiary/aromatic N) is 2. The Kier molecular flexibility index (Phi) is 9.29. The normalized spacial score (nSPS) is 12.2. The summed E-state index contributed by atoms with van der Waals surface area (Å²) in [5, 5.41) is 5.16. The molecule has 34 heavy (non-hydrogen) atoms. The third kappa shape index (κ3) is 9.18. The first kappa shape index (κ1) is 27.4. The average Bonchev–Trinajstić information content (AvgIpc) is 3.03. The molecule has 2 amide bonds. The Balaban J connectivity index is 2.06. The standard InChI is InChI=1S/C21H22BrF3N4O4S/c1-5-6-14-16(22)34-19(29-14)32-17(30)27-11-13(28-18(31)33-20(2,3)4)9-12-7-8-15(26-10-12)21(23,24)25/h7-8,10,13H,9,11H2,1-4H3,(H,27,30)(H,28,31)/t13-/m0/s1. The number of nitrogens with one attached hydrogen (secondary N) is 2. The molecule has 2 heterocycles. The van der Waals surface area contributed by atoms with Gasteiger partial charge in [-0.2, -0.15) is 18.2 Å². The molecule has 1 atom stereocenters. The van der Waals surface area contributed by atoms with E-state index in [2.05, 4.69) is 48.4 Å². The number of amides is 2. The van der Waals surface area contributed by atoms with E-state index in [0.29, 0.717) is 15.0 Å². The molecule has 2 aromatic heterocycles. The van der Waals surface area contributed by atoms with Crippen LogP contribution in [0.15, 0.2) is 22.1 Å². The van der Waals surface area contributed by atoms with Crippen molar-refractivity contribution in [2.45, 2.75) is 51.9 Å². The number of aromatic nitrogens is 2. The number of rotatable bonds is 6. The molecule has 0 aliphatic rings. The quantitative estimate of drug-likeness (QED) is 0.485. The van der Waals surface area contributed by atoms with Crippen LogP contribution in [0.1, 0.15) is 44.6 Å². The molecule has 0 radical (unpaired) electrons. The van der Waals surface area contributed by atoms with Gasteiger partial charge in [-0.1, -0.05) is 23.3 Å². The van der Waals surface area contributed by atoms with Gasteiger partial charge >= 0.3 is 18.4 Å². The Morgan fingerprint density at radius 3 is 2.50 bits per heavy atom. The molecule has 0 saturated carbocycles. The van der Waals surface area contributed by atoms with Crippen molar-refractivity contribution in [1.29, 1.82) is 0 Å². The van der Waals surface area contributed by atoms with Crippen LogP contribution in [0.5, 0.6) is 5.19 Å². The molecule has 0 saturated heterocycles. The summed E-state index contributed by atoms with van der Waals surface area (Å²) in [5.74, 6) is 5.44. The fourth-order valence-corrected chi connectivity index (χ4v) is 3.69. The van der Waals surface area contributed by atoms with Gasteiger partial charge in [0.25, 0.3) is 5.19 Å². The second-order valence-electron chi connectivity index (χ2n) is 7.84. The Morgan fingerprint density at radius 2 is 1.94 bits per heavy atom. The van der Waals surface area contributed by atoms with Crippen LogP contribution in [-0.2, 0) is 17.3 Å². The number of carbonyl (C=O) groups excluding carboxylic acids is 2. The molecule has 0 spiro atoms. The molecule has 13 heteroatoms. The number of pyridine rings is 1. The highest BCUT2D eigenvalue weighted by Gasteiger charge is 2.32. The summed E-state index contributed by atoms with van der Waals surface area (Å²) in [5.41, 5.74) is -0.962. The zero-order valence-corrected chi connectivity index (χ0v) is 21.1. The van der Waals surface area contributed by atoms with Crippen LogP contribution in [0.4, 0.5) is 22.8 Å². The van der Waals surface area contributed by atoms with Crippen LogP contribution < -0.4 is 15.4 Å². The van der Waals surface area contributed by atoms with E-state index >= 15 is 0 Å². The van der Waals surface area contributed by atoms with Crippen LogP contribution in [0.2, 0.25) is 0 Å². The molecule has 2 N–H and O–H groups in total. The minimum atomic E-state index is -4.56. The van der Waals surface area contributed by atoms with Crippen molar-refractivity contribution in [3.63, 3.8) is 0 Å². The van der Waals surface area contributed by atoms with Crippen molar-refractivity contribution < 1.29 is 32.2 Å². The predicted octanol–water partition coefficient (Wildman–Crippen LogP) is 4.92. The second-order valence-corrected chi connectivity index (χ2v) is 10.1. The highest BCUT2D eigenvalue weighted by Crippen LogP contribution is 2.30.